The van der Waals surface area contributed by atoms with Crippen LogP contribution in [0.3, 0.4) is 0 Å². The first-order chi connectivity index (χ1) is 13.5. The molecule has 0 bridgehead atoms. The molecule has 0 unspecified atom stereocenters. The smallest absolute Gasteiger partial charge is 0.387 e. The first-order valence-corrected chi connectivity index (χ1v) is 8.98. The molecule has 1 saturated heterocycles. The molecule has 1 fully saturated rings. The minimum atomic E-state index is -2.86. The van der Waals surface area contributed by atoms with E-state index in [-0.39, 0.29) is 17.5 Å². The topological polar surface area (TPSA) is 32.8 Å². The Morgan fingerprint density at radius 2 is 1.79 bits per heavy atom. The van der Waals surface area contributed by atoms with Crippen LogP contribution in [0.4, 0.5) is 13.2 Å². The lowest BCUT2D eigenvalue weighted by atomic mass is 10.2. The molecular formula is C21H21F3N2O2. The SMILES string of the molecule is O=C(C=Cc1ccc(OC(F)F)cc1)N1CCN(Cc2cccc(F)c2)CC1. The fourth-order valence-corrected chi connectivity index (χ4v) is 3.05. The summed E-state index contributed by atoms with van der Waals surface area (Å²) in [6.45, 7) is 0.426. The first-order valence-electron chi connectivity index (χ1n) is 8.98. The lowest BCUT2D eigenvalue weighted by Gasteiger charge is -2.34. The maximum Gasteiger partial charge on any atom is 0.387 e. The number of ether oxygens (including phenoxy) is 1. The molecule has 3 rings (SSSR count). The highest BCUT2D eigenvalue weighted by atomic mass is 19.3. The largest absolute Gasteiger partial charge is 0.435 e. The van der Waals surface area contributed by atoms with E-state index in [1.807, 2.05) is 6.07 Å². The van der Waals surface area contributed by atoms with Crippen LogP contribution in [0.15, 0.2) is 54.6 Å². The lowest BCUT2D eigenvalue weighted by molar-refractivity contribution is -0.127. The van der Waals surface area contributed by atoms with Gasteiger partial charge < -0.3 is 9.64 Å². The molecule has 0 atom stereocenters. The summed E-state index contributed by atoms with van der Waals surface area (Å²) >= 11 is 0. The van der Waals surface area contributed by atoms with Gasteiger partial charge in [-0.25, -0.2) is 4.39 Å². The number of carbonyl (C=O) groups excluding carboxylic acids is 1. The number of halogens is 3. The van der Waals surface area contributed by atoms with Crippen molar-refractivity contribution >= 4 is 12.0 Å². The van der Waals surface area contributed by atoms with Crippen LogP contribution in [0.2, 0.25) is 0 Å². The van der Waals surface area contributed by atoms with Crippen molar-refractivity contribution in [1.82, 2.24) is 9.80 Å². The molecule has 0 aromatic heterocycles. The van der Waals surface area contributed by atoms with Gasteiger partial charge in [0.15, 0.2) is 0 Å². The van der Waals surface area contributed by atoms with Gasteiger partial charge in [0.05, 0.1) is 0 Å². The van der Waals surface area contributed by atoms with Crippen molar-refractivity contribution in [2.45, 2.75) is 13.2 Å². The maximum absolute atomic E-state index is 13.3. The summed E-state index contributed by atoms with van der Waals surface area (Å²) in [5.41, 5.74) is 1.64. The molecule has 0 N–H and O–H groups in total. The summed E-state index contributed by atoms with van der Waals surface area (Å²) < 4.78 is 41.8. The average molecular weight is 390 g/mol. The van der Waals surface area contributed by atoms with E-state index >= 15 is 0 Å². The van der Waals surface area contributed by atoms with Crippen LogP contribution in [0.1, 0.15) is 11.1 Å². The Labute approximate surface area is 161 Å². The maximum atomic E-state index is 13.3. The number of hydrogen-bond acceptors (Lipinski definition) is 3. The van der Waals surface area contributed by atoms with Crippen molar-refractivity contribution in [2.75, 3.05) is 26.2 Å². The molecule has 0 spiro atoms. The second kappa shape index (κ2) is 9.41. The highest BCUT2D eigenvalue weighted by molar-refractivity contribution is 5.91. The van der Waals surface area contributed by atoms with Crippen molar-refractivity contribution in [3.05, 3.63) is 71.6 Å². The molecule has 0 radical (unpaired) electrons. The Hall–Kier alpha value is -2.80. The Balaban J connectivity index is 1.47. The molecule has 0 aliphatic carbocycles. The van der Waals surface area contributed by atoms with E-state index < -0.39 is 6.61 Å². The number of carbonyl (C=O) groups is 1. The number of amides is 1. The van der Waals surface area contributed by atoms with Crippen LogP contribution in [0, 0.1) is 5.82 Å². The van der Waals surface area contributed by atoms with Gasteiger partial charge in [0.25, 0.3) is 0 Å². The second-order valence-corrected chi connectivity index (χ2v) is 6.51. The van der Waals surface area contributed by atoms with Crippen molar-refractivity contribution < 1.29 is 22.7 Å². The molecule has 2 aromatic carbocycles. The monoisotopic (exact) mass is 390 g/mol. The predicted molar refractivity (Wildman–Crippen MR) is 100 cm³/mol. The van der Waals surface area contributed by atoms with E-state index in [1.165, 1.54) is 30.3 Å². The highest BCUT2D eigenvalue weighted by Gasteiger charge is 2.19. The van der Waals surface area contributed by atoms with E-state index in [0.717, 1.165) is 24.2 Å². The van der Waals surface area contributed by atoms with E-state index in [9.17, 15) is 18.0 Å². The Morgan fingerprint density at radius 1 is 1.07 bits per heavy atom. The second-order valence-electron chi connectivity index (χ2n) is 6.51. The number of hydrogen-bond donors (Lipinski definition) is 0. The van der Waals surface area contributed by atoms with Crippen LogP contribution in [-0.4, -0.2) is 48.5 Å². The Morgan fingerprint density at radius 3 is 2.43 bits per heavy atom. The van der Waals surface area contributed by atoms with Crippen molar-refractivity contribution in [1.29, 1.82) is 0 Å². The molecule has 4 nitrogen and oxygen atoms in total. The van der Waals surface area contributed by atoms with Gasteiger partial charge >= 0.3 is 6.61 Å². The molecule has 1 heterocycles. The van der Waals surface area contributed by atoms with Crippen molar-refractivity contribution in [2.24, 2.45) is 0 Å². The molecule has 0 saturated carbocycles. The molecule has 1 aliphatic heterocycles. The third-order valence-electron chi connectivity index (χ3n) is 4.50. The molecule has 148 valence electrons. The van der Waals surface area contributed by atoms with Gasteiger partial charge in [-0.2, -0.15) is 8.78 Å². The van der Waals surface area contributed by atoms with Gasteiger partial charge in [-0.3, -0.25) is 9.69 Å². The third-order valence-corrected chi connectivity index (χ3v) is 4.50. The Kier molecular flexibility index (Phi) is 6.71. The van der Waals surface area contributed by atoms with Gasteiger partial charge in [0, 0.05) is 38.8 Å². The van der Waals surface area contributed by atoms with Crippen LogP contribution in [0.25, 0.3) is 6.08 Å². The minimum Gasteiger partial charge on any atom is -0.435 e. The summed E-state index contributed by atoms with van der Waals surface area (Å²) in [7, 11) is 0. The number of alkyl halides is 2. The van der Waals surface area contributed by atoms with E-state index in [2.05, 4.69) is 9.64 Å². The van der Waals surface area contributed by atoms with Crippen LogP contribution >= 0.6 is 0 Å². The molecule has 1 aliphatic rings. The van der Waals surface area contributed by atoms with Crippen molar-refractivity contribution in [3.8, 4) is 5.75 Å². The summed E-state index contributed by atoms with van der Waals surface area (Å²) in [5, 5.41) is 0. The summed E-state index contributed by atoms with van der Waals surface area (Å²) in [6, 6.07) is 12.6. The van der Waals surface area contributed by atoms with Gasteiger partial charge in [0.1, 0.15) is 11.6 Å². The number of rotatable bonds is 6. The summed E-state index contributed by atoms with van der Waals surface area (Å²) in [5.74, 6) is -0.267. The highest BCUT2D eigenvalue weighted by Crippen LogP contribution is 2.16. The lowest BCUT2D eigenvalue weighted by Crippen LogP contribution is -2.47. The predicted octanol–water partition coefficient (Wildman–Crippen LogP) is 3.78. The quantitative estimate of drug-likeness (QED) is 0.704. The number of piperazine rings is 1. The van der Waals surface area contributed by atoms with Gasteiger partial charge in [-0.1, -0.05) is 24.3 Å². The number of benzene rings is 2. The molecular weight excluding hydrogens is 369 g/mol. The normalized spacial score (nSPS) is 15.4. The third kappa shape index (κ3) is 5.85. The van der Waals surface area contributed by atoms with Gasteiger partial charge in [-0.05, 0) is 41.5 Å². The average Bonchev–Trinajstić information content (AvgIpc) is 2.67. The molecule has 2 aromatic rings. The standard InChI is InChI=1S/C21H21F3N2O2/c22-18-3-1-2-17(14-18)15-25-10-12-26(13-11-25)20(27)9-6-16-4-7-19(8-5-16)28-21(23)24/h1-9,14,21H,10-13,15H2. The minimum absolute atomic E-state index is 0.0768. The van der Waals surface area contributed by atoms with E-state index in [4.69, 9.17) is 0 Å². The van der Waals surface area contributed by atoms with E-state index in [1.54, 1.807) is 29.2 Å². The molecule has 1 amide bonds. The molecule has 28 heavy (non-hydrogen) atoms. The zero-order chi connectivity index (χ0) is 19.9. The van der Waals surface area contributed by atoms with Crippen LogP contribution in [-0.2, 0) is 11.3 Å². The summed E-state index contributed by atoms with van der Waals surface area (Å²) in [6.07, 6.45) is 3.12. The molecule has 7 heteroatoms. The van der Waals surface area contributed by atoms with Gasteiger partial charge in [0.2, 0.25) is 5.91 Å². The number of nitrogens with zero attached hydrogens (tertiary/aromatic N) is 2. The van der Waals surface area contributed by atoms with Crippen molar-refractivity contribution in [3.63, 3.8) is 0 Å². The fourth-order valence-electron chi connectivity index (χ4n) is 3.05. The van der Waals surface area contributed by atoms with Crippen LogP contribution < -0.4 is 4.74 Å². The zero-order valence-electron chi connectivity index (χ0n) is 15.2. The van der Waals surface area contributed by atoms with Crippen LogP contribution in [0.5, 0.6) is 5.75 Å². The van der Waals surface area contributed by atoms with Gasteiger partial charge in [-0.15, -0.1) is 0 Å². The first kappa shape index (κ1) is 19.9. The van der Waals surface area contributed by atoms with E-state index in [0.29, 0.717) is 19.6 Å². The fraction of sp³-hybridized carbons (Fsp3) is 0.286. The summed E-state index contributed by atoms with van der Waals surface area (Å²) in [4.78, 5) is 16.3. The Bertz CT molecular complexity index is 817. The zero-order valence-corrected chi connectivity index (χ0v) is 15.2.